The lowest BCUT2D eigenvalue weighted by molar-refractivity contribution is -0.145. The number of carbonyl (C=O) groups is 1. The predicted octanol–water partition coefficient (Wildman–Crippen LogP) is 4.82. The zero-order chi connectivity index (χ0) is 26.3. The van der Waals surface area contributed by atoms with Crippen molar-refractivity contribution in [3.8, 4) is 0 Å². The molecule has 0 amide bonds. The quantitative estimate of drug-likeness (QED) is 0.242. The molecule has 4 rings (SSSR count). The fourth-order valence-corrected chi connectivity index (χ4v) is 5.41. The second-order valence-electron chi connectivity index (χ2n) is 8.60. The summed E-state index contributed by atoms with van der Waals surface area (Å²) in [7, 11) is -2.81. The number of ether oxygens (including phenoxy) is 2. The highest BCUT2D eigenvalue weighted by atomic mass is 32.2. The number of hydrogen-bond donors (Lipinski definition) is 1. The summed E-state index contributed by atoms with van der Waals surface area (Å²) in [4.78, 5) is 12.8. The van der Waals surface area contributed by atoms with Crippen LogP contribution in [0.5, 0.6) is 0 Å². The molecule has 0 saturated carbocycles. The third-order valence-electron chi connectivity index (χ3n) is 6.12. The summed E-state index contributed by atoms with van der Waals surface area (Å²) in [6.07, 6.45) is 0. The number of benzene rings is 4. The molecule has 4 aromatic rings. The maximum atomic E-state index is 13.1. The zero-order valence-corrected chi connectivity index (χ0v) is 21.5. The van der Waals surface area contributed by atoms with Gasteiger partial charge in [0.15, 0.2) is 0 Å². The van der Waals surface area contributed by atoms with Crippen molar-refractivity contribution in [1.82, 2.24) is 4.72 Å². The Kier molecular flexibility index (Phi) is 8.18. The van der Waals surface area contributed by atoms with Gasteiger partial charge in [0.05, 0.1) is 18.6 Å². The third-order valence-corrected chi connectivity index (χ3v) is 7.61. The Morgan fingerprint density at radius 2 is 1.19 bits per heavy atom. The number of hydrogen-bond acceptors (Lipinski definition) is 5. The van der Waals surface area contributed by atoms with E-state index in [1.807, 2.05) is 97.9 Å². The van der Waals surface area contributed by atoms with Crippen LogP contribution in [0.3, 0.4) is 0 Å². The minimum absolute atomic E-state index is 0.0486. The summed E-state index contributed by atoms with van der Waals surface area (Å²) < 4.78 is 40.3. The molecule has 0 aliphatic rings. The predicted molar refractivity (Wildman–Crippen MR) is 142 cm³/mol. The van der Waals surface area contributed by atoms with Gasteiger partial charge in [0.25, 0.3) is 0 Å². The number of sulfonamides is 1. The lowest BCUT2D eigenvalue weighted by Crippen LogP contribution is -2.47. The van der Waals surface area contributed by atoms with E-state index in [1.165, 1.54) is 19.2 Å². The van der Waals surface area contributed by atoms with Crippen molar-refractivity contribution in [2.75, 3.05) is 13.7 Å². The molecule has 0 saturated heterocycles. The highest BCUT2D eigenvalue weighted by Gasteiger charge is 2.39. The third kappa shape index (κ3) is 5.80. The van der Waals surface area contributed by atoms with E-state index in [9.17, 15) is 13.2 Å². The Labute approximate surface area is 217 Å². The highest BCUT2D eigenvalue weighted by Crippen LogP contribution is 2.40. The summed E-state index contributed by atoms with van der Waals surface area (Å²) in [5, 5.41) is 0. The van der Waals surface area contributed by atoms with Crippen LogP contribution in [0.25, 0.3) is 0 Å². The molecule has 0 bridgehead atoms. The van der Waals surface area contributed by atoms with Gasteiger partial charge in [-0.05, 0) is 35.7 Å². The molecular formula is C30H29NO5S. The summed E-state index contributed by atoms with van der Waals surface area (Å²) in [5.41, 5.74) is 2.29. The van der Waals surface area contributed by atoms with E-state index in [0.717, 1.165) is 22.3 Å². The molecule has 7 heteroatoms. The smallest absolute Gasteiger partial charge is 0.326 e. The van der Waals surface area contributed by atoms with Gasteiger partial charge in [0.1, 0.15) is 11.6 Å². The Morgan fingerprint density at radius 1 is 0.757 bits per heavy atom. The molecular weight excluding hydrogens is 486 g/mol. The van der Waals surface area contributed by atoms with Gasteiger partial charge in [-0.2, -0.15) is 4.72 Å². The first-order valence-electron chi connectivity index (χ1n) is 11.8. The molecule has 0 aromatic heterocycles. The van der Waals surface area contributed by atoms with E-state index in [-0.39, 0.29) is 11.5 Å². The average Bonchev–Trinajstić information content (AvgIpc) is 2.94. The molecule has 0 radical (unpaired) electrons. The summed E-state index contributed by atoms with van der Waals surface area (Å²) >= 11 is 0. The maximum absolute atomic E-state index is 13.1. The van der Waals surface area contributed by atoms with Crippen molar-refractivity contribution in [3.63, 3.8) is 0 Å². The maximum Gasteiger partial charge on any atom is 0.326 e. The molecule has 0 aliphatic carbocycles. The summed E-state index contributed by atoms with van der Waals surface area (Å²) in [6, 6.07) is 34.0. The van der Waals surface area contributed by atoms with Crippen molar-refractivity contribution >= 4 is 16.0 Å². The Hall–Kier alpha value is -3.78. The van der Waals surface area contributed by atoms with E-state index in [1.54, 1.807) is 12.1 Å². The van der Waals surface area contributed by atoms with E-state index in [0.29, 0.717) is 0 Å². The van der Waals surface area contributed by atoms with Crippen LogP contribution in [-0.4, -0.2) is 34.1 Å². The van der Waals surface area contributed by atoms with Gasteiger partial charge in [-0.25, -0.2) is 8.42 Å². The number of aryl methyl sites for hydroxylation is 1. The Bertz CT molecular complexity index is 1310. The first-order valence-corrected chi connectivity index (χ1v) is 13.3. The van der Waals surface area contributed by atoms with E-state index in [4.69, 9.17) is 9.47 Å². The van der Waals surface area contributed by atoms with Gasteiger partial charge in [-0.15, -0.1) is 0 Å². The molecule has 0 spiro atoms. The molecule has 0 unspecified atom stereocenters. The normalized spacial score (nSPS) is 12.6. The van der Waals surface area contributed by atoms with Crippen molar-refractivity contribution in [3.05, 3.63) is 138 Å². The van der Waals surface area contributed by atoms with E-state index >= 15 is 0 Å². The van der Waals surface area contributed by atoms with Crippen LogP contribution in [-0.2, 0) is 29.9 Å². The minimum Gasteiger partial charge on any atom is -0.468 e. The SMILES string of the molecule is COC(=O)[C@H](COC(c1ccccc1)(c1ccccc1)c1ccccc1)NS(=O)(=O)c1ccc(C)cc1. The van der Waals surface area contributed by atoms with Gasteiger partial charge in [-0.3, -0.25) is 4.79 Å². The van der Waals surface area contributed by atoms with Crippen molar-refractivity contribution in [2.45, 2.75) is 23.5 Å². The number of esters is 1. The van der Waals surface area contributed by atoms with Crippen LogP contribution >= 0.6 is 0 Å². The van der Waals surface area contributed by atoms with Crippen molar-refractivity contribution in [1.29, 1.82) is 0 Å². The second-order valence-corrected chi connectivity index (χ2v) is 10.3. The first kappa shape index (κ1) is 26.3. The van der Waals surface area contributed by atoms with E-state index in [2.05, 4.69) is 4.72 Å². The zero-order valence-electron chi connectivity index (χ0n) is 20.7. The number of methoxy groups -OCH3 is 1. The number of carbonyl (C=O) groups excluding carboxylic acids is 1. The molecule has 0 heterocycles. The van der Waals surface area contributed by atoms with Crippen LogP contribution < -0.4 is 4.72 Å². The molecule has 1 N–H and O–H groups in total. The molecule has 190 valence electrons. The average molecular weight is 516 g/mol. The monoisotopic (exact) mass is 515 g/mol. The molecule has 1 atom stereocenters. The number of nitrogens with one attached hydrogen (secondary N) is 1. The van der Waals surface area contributed by atoms with Crippen LogP contribution in [0.1, 0.15) is 22.3 Å². The molecule has 37 heavy (non-hydrogen) atoms. The molecule has 0 fully saturated rings. The lowest BCUT2D eigenvalue weighted by atomic mass is 9.80. The van der Waals surface area contributed by atoms with Crippen molar-refractivity contribution < 1.29 is 22.7 Å². The van der Waals surface area contributed by atoms with Crippen molar-refractivity contribution in [2.24, 2.45) is 0 Å². The second kappa shape index (κ2) is 11.5. The number of rotatable bonds is 10. The largest absolute Gasteiger partial charge is 0.468 e. The van der Waals surface area contributed by atoms with Crippen LogP contribution in [0.15, 0.2) is 120 Å². The molecule has 4 aromatic carbocycles. The van der Waals surface area contributed by atoms with Crippen LogP contribution in [0.4, 0.5) is 0 Å². The van der Waals surface area contributed by atoms with Gasteiger partial charge in [0.2, 0.25) is 10.0 Å². The van der Waals surface area contributed by atoms with Crippen LogP contribution in [0.2, 0.25) is 0 Å². The molecule has 0 aliphatic heterocycles. The standard InChI is InChI=1S/C30H29NO5S/c1-23-18-20-27(21-19-23)37(33,34)31-28(29(32)35-2)22-36-30(24-12-6-3-7-13-24,25-14-8-4-9-15-25)26-16-10-5-11-17-26/h3-21,28,31H,22H2,1-2H3/t28-/m0/s1. The van der Waals surface area contributed by atoms with Crippen LogP contribution in [0, 0.1) is 6.92 Å². The van der Waals surface area contributed by atoms with Gasteiger partial charge in [-0.1, -0.05) is 109 Å². The molecule has 6 nitrogen and oxygen atoms in total. The highest BCUT2D eigenvalue weighted by molar-refractivity contribution is 7.89. The summed E-state index contributed by atoms with van der Waals surface area (Å²) in [5.74, 6) is -0.751. The Balaban J connectivity index is 1.77. The fraction of sp³-hybridized carbons (Fsp3) is 0.167. The van der Waals surface area contributed by atoms with Gasteiger partial charge < -0.3 is 9.47 Å². The summed E-state index contributed by atoms with van der Waals surface area (Å²) in [6.45, 7) is 1.59. The fourth-order valence-electron chi connectivity index (χ4n) is 4.24. The first-order chi connectivity index (χ1) is 17.9. The van der Waals surface area contributed by atoms with Gasteiger partial charge in [0, 0.05) is 0 Å². The van der Waals surface area contributed by atoms with E-state index < -0.39 is 27.6 Å². The Morgan fingerprint density at radius 3 is 1.59 bits per heavy atom. The topological polar surface area (TPSA) is 81.7 Å². The van der Waals surface area contributed by atoms with Gasteiger partial charge >= 0.3 is 5.97 Å². The lowest BCUT2D eigenvalue weighted by Gasteiger charge is -2.36. The minimum atomic E-state index is -4.02.